The van der Waals surface area contributed by atoms with E-state index >= 15 is 0 Å². The van der Waals surface area contributed by atoms with E-state index in [9.17, 15) is 0 Å². The van der Waals surface area contributed by atoms with E-state index in [1.165, 1.54) is 0 Å². The van der Waals surface area contributed by atoms with Crippen molar-refractivity contribution in [2.24, 2.45) is 0 Å². The van der Waals surface area contributed by atoms with Gasteiger partial charge in [-0.3, -0.25) is 0 Å². The van der Waals surface area contributed by atoms with Crippen LogP contribution in [-0.4, -0.2) is 20.3 Å². The third-order valence-electron chi connectivity index (χ3n) is 1.54. The van der Waals surface area contributed by atoms with Gasteiger partial charge in [0.2, 0.25) is 0 Å². The van der Waals surface area contributed by atoms with Crippen LogP contribution >= 0.6 is 0 Å². The molecule has 2 nitrogen and oxygen atoms in total. The van der Waals surface area contributed by atoms with E-state index in [1.807, 2.05) is 25.2 Å². The van der Waals surface area contributed by atoms with Gasteiger partial charge in [0, 0.05) is 7.11 Å². The normalized spacial score (nSPS) is 15.2. The number of hydrogen-bond acceptors (Lipinski definition) is 2. The van der Waals surface area contributed by atoms with Crippen LogP contribution in [-0.2, 0) is 9.47 Å². The number of rotatable bonds is 5. The summed E-state index contributed by atoms with van der Waals surface area (Å²) < 4.78 is 10.2. The Bertz CT molecular complexity index is 159. The molecule has 1 unspecified atom stereocenters. The lowest BCUT2D eigenvalue weighted by molar-refractivity contribution is 0.156. The Morgan fingerprint density at radius 3 is 2.50 bits per heavy atom. The molecule has 70 valence electrons. The highest BCUT2D eigenvalue weighted by molar-refractivity contribution is 5.12. The summed E-state index contributed by atoms with van der Waals surface area (Å²) in [4.78, 5) is 0. The zero-order chi connectivity index (χ0) is 9.40. The Balaban J connectivity index is 4.01. The average molecular weight is 170 g/mol. The van der Waals surface area contributed by atoms with Crippen molar-refractivity contribution in [3.63, 3.8) is 0 Å². The Morgan fingerprint density at radius 1 is 1.42 bits per heavy atom. The highest BCUT2D eigenvalue weighted by Crippen LogP contribution is 2.01. The smallest absolute Gasteiger partial charge is 0.114 e. The topological polar surface area (TPSA) is 18.5 Å². The molecule has 0 rings (SSSR count). The van der Waals surface area contributed by atoms with E-state index in [1.54, 1.807) is 14.2 Å². The molecule has 0 spiro atoms. The van der Waals surface area contributed by atoms with Crippen molar-refractivity contribution >= 4 is 0 Å². The first-order chi connectivity index (χ1) is 5.74. The molecule has 0 aliphatic heterocycles. The molecule has 1 atom stereocenters. The van der Waals surface area contributed by atoms with Crippen molar-refractivity contribution in [1.82, 2.24) is 0 Å². The molecule has 0 saturated heterocycles. The molecule has 0 heterocycles. The molecule has 0 aliphatic carbocycles. The van der Waals surface area contributed by atoms with Crippen LogP contribution in [0.3, 0.4) is 0 Å². The minimum Gasteiger partial charge on any atom is -0.497 e. The third-order valence-corrected chi connectivity index (χ3v) is 1.54. The van der Waals surface area contributed by atoms with E-state index in [2.05, 4.69) is 6.92 Å². The molecule has 0 aromatic rings. The Hall–Kier alpha value is -0.760. The fourth-order valence-electron chi connectivity index (χ4n) is 0.730. The molecule has 0 N–H and O–H groups in total. The fraction of sp³-hybridized carbons (Fsp3) is 0.600. The van der Waals surface area contributed by atoms with Crippen LogP contribution in [0.25, 0.3) is 0 Å². The van der Waals surface area contributed by atoms with Gasteiger partial charge in [0.15, 0.2) is 0 Å². The van der Waals surface area contributed by atoms with E-state index in [4.69, 9.17) is 9.47 Å². The van der Waals surface area contributed by atoms with Crippen molar-refractivity contribution in [2.75, 3.05) is 14.2 Å². The van der Waals surface area contributed by atoms with Gasteiger partial charge in [-0.1, -0.05) is 13.0 Å². The SMILES string of the molecule is CC/C=C(\C=C/C(C)OC)OC. The first-order valence-corrected chi connectivity index (χ1v) is 4.19. The van der Waals surface area contributed by atoms with Crippen molar-refractivity contribution in [3.05, 3.63) is 24.0 Å². The van der Waals surface area contributed by atoms with Crippen LogP contribution in [0, 0.1) is 0 Å². The summed E-state index contributed by atoms with van der Waals surface area (Å²) in [6.45, 7) is 4.06. The summed E-state index contributed by atoms with van der Waals surface area (Å²) in [5, 5.41) is 0. The molecule has 0 amide bonds. The summed E-state index contributed by atoms with van der Waals surface area (Å²) >= 11 is 0. The number of allylic oxidation sites excluding steroid dienone is 2. The van der Waals surface area contributed by atoms with Gasteiger partial charge in [-0.25, -0.2) is 0 Å². The molecule has 0 saturated carbocycles. The maximum absolute atomic E-state index is 5.10. The molecular formula is C10H18O2. The second-order valence-corrected chi connectivity index (χ2v) is 2.52. The Morgan fingerprint density at radius 2 is 2.08 bits per heavy atom. The third kappa shape index (κ3) is 4.97. The molecular weight excluding hydrogens is 152 g/mol. The molecule has 0 bridgehead atoms. The lowest BCUT2D eigenvalue weighted by Gasteiger charge is -2.03. The fourth-order valence-corrected chi connectivity index (χ4v) is 0.730. The van der Waals surface area contributed by atoms with Gasteiger partial charge in [-0.2, -0.15) is 0 Å². The largest absolute Gasteiger partial charge is 0.497 e. The minimum absolute atomic E-state index is 0.139. The van der Waals surface area contributed by atoms with Gasteiger partial charge >= 0.3 is 0 Å². The number of ether oxygens (including phenoxy) is 2. The second kappa shape index (κ2) is 6.92. The highest BCUT2D eigenvalue weighted by Gasteiger charge is 1.92. The lowest BCUT2D eigenvalue weighted by Crippen LogP contribution is -1.99. The van der Waals surface area contributed by atoms with E-state index < -0.39 is 0 Å². The first-order valence-electron chi connectivity index (χ1n) is 4.19. The van der Waals surface area contributed by atoms with Crippen LogP contribution in [0.5, 0.6) is 0 Å². The summed E-state index contributed by atoms with van der Waals surface area (Å²) in [6, 6.07) is 0. The average Bonchev–Trinajstić information content (AvgIpc) is 2.11. The van der Waals surface area contributed by atoms with Gasteiger partial charge in [0.25, 0.3) is 0 Å². The van der Waals surface area contributed by atoms with Crippen molar-refractivity contribution < 1.29 is 9.47 Å². The summed E-state index contributed by atoms with van der Waals surface area (Å²) in [5.74, 6) is 0.890. The summed E-state index contributed by atoms with van der Waals surface area (Å²) in [5.41, 5.74) is 0. The van der Waals surface area contributed by atoms with Crippen LogP contribution in [0.4, 0.5) is 0 Å². The predicted octanol–water partition coefficient (Wildman–Crippen LogP) is 2.52. The number of hydrogen-bond donors (Lipinski definition) is 0. The maximum atomic E-state index is 5.10. The molecule has 0 aromatic carbocycles. The van der Waals surface area contributed by atoms with Crippen LogP contribution in [0.1, 0.15) is 20.3 Å². The van der Waals surface area contributed by atoms with Gasteiger partial charge in [0.1, 0.15) is 5.76 Å². The summed E-state index contributed by atoms with van der Waals surface area (Å²) in [7, 11) is 3.36. The quantitative estimate of drug-likeness (QED) is 0.466. The molecule has 12 heavy (non-hydrogen) atoms. The van der Waals surface area contributed by atoms with E-state index in [0.717, 1.165) is 12.2 Å². The maximum Gasteiger partial charge on any atom is 0.114 e. The van der Waals surface area contributed by atoms with Gasteiger partial charge in [-0.15, -0.1) is 0 Å². The van der Waals surface area contributed by atoms with Crippen molar-refractivity contribution in [1.29, 1.82) is 0 Å². The predicted molar refractivity (Wildman–Crippen MR) is 51.0 cm³/mol. The zero-order valence-corrected chi connectivity index (χ0v) is 8.33. The molecule has 2 heteroatoms. The second-order valence-electron chi connectivity index (χ2n) is 2.52. The molecule has 0 aliphatic rings. The van der Waals surface area contributed by atoms with Gasteiger partial charge < -0.3 is 9.47 Å². The Kier molecular flexibility index (Phi) is 6.48. The van der Waals surface area contributed by atoms with Crippen molar-refractivity contribution in [2.45, 2.75) is 26.4 Å². The lowest BCUT2D eigenvalue weighted by atomic mass is 10.3. The highest BCUT2D eigenvalue weighted by atomic mass is 16.5. The van der Waals surface area contributed by atoms with Crippen LogP contribution in [0.15, 0.2) is 24.0 Å². The monoisotopic (exact) mass is 170 g/mol. The number of methoxy groups -OCH3 is 2. The molecule has 0 aromatic heterocycles. The summed E-state index contributed by atoms with van der Waals surface area (Å²) in [6.07, 6.45) is 7.04. The van der Waals surface area contributed by atoms with E-state index in [0.29, 0.717) is 0 Å². The van der Waals surface area contributed by atoms with Crippen molar-refractivity contribution in [3.8, 4) is 0 Å². The molecule has 0 radical (unpaired) electrons. The van der Waals surface area contributed by atoms with Crippen LogP contribution < -0.4 is 0 Å². The van der Waals surface area contributed by atoms with Crippen LogP contribution in [0.2, 0.25) is 0 Å². The molecule has 0 fully saturated rings. The minimum atomic E-state index is 0.139. The standard InChI is InChI=1S/C10H18O2/c1-5-6-10(12-4)8-7-9(2)11-3/h6-9H,5H2,1-4H3/b8-7-,10-6+. The van der Waals surface area contributed by atoms with Gasteiger partial charge in [-0.05, 0) is 25.5 Å². The van der Waals surface area contributed by atoms with Gasteiger partial charge in [0.05, 0.1) is 13.2 Å². The van der Waals surface area contributed by atoms with E-state index in [-0.39, 0.29) is 6.10 Å². The first kappa shape index (κ1) is 11.2. The zero-order valence-electron chi connectivity index (χ0n) is 8.33. The Labute approximate surface area is 74.9 Å².